The predicted molar refractivity (Wildman–Crippen MR) is 87.3 cm³/mol. The standard InChI is InChI=1S/C14H24N6O6/c1-6(22)9(5-21)18-14(25)17-8(3-4-10(15)24)13-19-12(20-26-13)11(16)7(2)23/h7-9,11,21,23H,3-5,16H2,1-2H3,(H2,15,24)(H2,17,18,25)/t7?,8-,9-,11-/m0/s1. The molecule has 146 valence electrons. The van der Waals surface area contributed by atoms with Crippen molar-refractivity contribution in [1.82, 2.24) is 20.8 Å². The Morgan fingerprint density at radius 3 is 2.46 bits per heavy atom. The second-order valence-corrected chi connectivity index (χ2v) is 5.78. The fourth-order valence-corrected chi connectivity index (χ4v) is 1.92. The number of nitrogens with zero attached hydrogens (tertiary/aromatic N) is 2. The van der Waals surface area contributed by atoms with Gasteiger partial charge in [-0.05, 0) is 20.3 Å². The molecule has 12 nitrogen and oxygen atoms in total. The number of rotatable bonds is 10. The molecule has 0 radical (unpaired) electrons. The van der Waals surface area contributed by atoms with Crippen molar-refractivity contribution in [2.45, 2.75) is 50.9 Å². The lowest BCUT2D eigenvalue weighted by Gasteiger charge is -2.18. The Hall–Kier alpha value is -2.57. The van der Waals surface area contributed by atoms with Crippen molar-refractivity contribution in [2.24, 2.45) is 11.5 Å². The third-order valence-electron chi connectivity index (χ3n) is 3.54. The number of amides is 3. The minimum atomic E-state index is -1.08. The Morgan fingerprint density at radius 2 is 1.96 bits per heavy atom. The van der Waals surface area contributed by atoms with Crippen molar-refractivity contribution in [3.05, 3.63) is 11.7 Å². The number of primary amides is 1. The van der Waals surface area contributed by atoms with E-state index in [1.165, 1.54) is 13.8 Å². The molecule has 0 fully saturated rings. The average Bonchev–Trinajstić information content (AvgIpc) is 3.04. The summed E-state index contributed by atoms with van der Waals surface area (Å²) in [5, 5.41) is 27.0. The fraction of sp³-hybridized carbons (Fsp3) is 0.643. The highest BCUT2D eigenvalue weighted by Crippen LogP contribution is 2.19. The van der Waals surface area contributed by atoms with Crippen LogP contribution in [0.2, 0.25) is 0 Å². The molecule has 0 aliphatic heterocycles. The zero-order valence-corrected chi connectivity index (χ0v) is 14.5. The fourth-order valence-electron chi connectivity index (χ4n) is 1.92. The van der Waals surface area contributed by atoms with Gasteiger partial charge in [0, 0.05) is 6.42 Å². The number of carbonyl (C=O) groups is 3. The van der Waals surface area contributed by atoms with Gasteiger partial charge in [0.2, 0.25) is 11.8 Å². The second kappa shape index (κ2) is 9.79. The molecule has 1 aromatic heterocycles. The molecule has 1 aromatic rings. The summed E-state index contributed by atoms with van der Waals surface area (Å²) < 4.78 is 5.05. The van der Waals surface area contributed by atoms with E-state index in [1.54, 1.807) is 0 Å². The van der Waals surface area contributed by atoms with Crippen LogP contribution in [0.5, 0.6) is 0 Å². The third-order valence-corrected chi connectivity index (χ3v) is 3.54. The molecule has 8 N–H and O–H groups in total. The maximum Gasteiger partial charge on any atom is 0.316 e. The Bertz CT molecular complexity index is 633. The maximum atomic E-state index is 12.0. The Kier molecular flexibility index (Phi) is 8.09. The molecule has 1 unspecified atom stereocenters. The topological polar surface area (TPSA) is 207 Å². The number of nitrogens with one attached hydrogen (secondary N) is 2. The summed E-state index contributed by atoms with van der Waals surface area (Å²) in [4.78, 5) is 38.4. The van der Waals surface area contributed by atoms with Crippen molar-refractivity contribution in [3.63, 3.8) is 0 Å². The Balaban J connectivity index is 2.89. The summed E-state index contributed by atoms with van der Waals surface area (Å²) in [6, 6.07) is -3.65. The highest BCUT2D eigenvalue weighted by molar-refractivity contribution is 5.87. The largest absolute Gasteiger partial charge is 0.394 e. The molecular formula is C14H24N6O6. The van der Waals surface area contributed by atoms with Crippen LogP contribution in [0.4, 0.5) is 4.79 Å². The van der Waals surface area contributed by atoms with Gasteiger partial charge >= 0.3 is 6.03 Å². The number of hydrogen-bond acceptors (Lipinski definition) is 9. The van der Waals surface area contributed by atoms with Gasteiger partial charge in [-0.2, -0.15) is 4.98 Å². The van der Waals surface area contributed by atoms with Crippen LogP contribution in [0.1, 0.15) is 50.5 Å². The van der Waals surface area contributed by atoms with Crippen molar-refractivity contribution in [1.29, 1.82) is 0 Å². The summed E-state index contributed by atoms with van der Waals surface area (Å²) in [6.45, 7) is 2.10. The third kappa shape index (κ3) is 6.38. The van der Waals surface area contributed by atoms with E-state index >= 15 is 0 Å². The van der Waals surface area contributed by atoms with Crippen molar-refractivity contribution < 1.29 is 29.1 Å². The smallest absolute Gasteiger partial charge is 0.316 e. The van der Waals surface area contributed by atoms with Gasteiger partial charge in [-0.15, -0.1) is 0 Å². The monoisotopic (exact) mass is 372 g/mol. The van der Waals surface area contributed by atoms with Crippen molar-refractivity contribution >= 4 is 17.7 Å². The van der Waals surface area contributed by atoms with Crippen molar-refractivity contribution in [3.8, 4) is 0 Å². The van der Waals surface area contributed by atoms with Crippen LogP contribution in [0.3, 0.4) is 0 Å². The Morgan fingerprint density at radius 1 is 1.31 bits per heavy atom. The maximum absolute atomic E-state index is 12.0. The number of Topliss-reactive ketones (excluding diaryl/α,β-unsaturated/α-hetero) is 1. The van der Waals surface area contributed by atoms with Crippen LogP contribution >= 0.6 is 0 Å². The van der Waals surface area contributed by atoms with E-state index < -0.39 is 48.6 Å². The molecule has 0 saturated carbocycles. The number of aliphatic hydroxyl groups is 2. The molecule has 0 aromatic carbocycles. The highest BCUT2D eigenvalue weighted by atomic mass is 16.5. The van der Waals surface area contributed by atoms with E-state index in [9.17, 15) is 19.5 Å². The molecular weight excluding hydrogens is 348 g/mol. The second-order valence-electron chi connectivity index (χ2n) is 5.78. The lowest BCUT2D eigenvalue weighted by Crippen LogP contribution is -2.48. The lowest BCUT2D eigenvalue weighted by molar-refractivity contribution is -0.119. The van der Waals surface area contributed by atoms with Gasteiger partial charge in [-0.3, -0.25) is 9.59 Å². The summed E-state index contributed by atoms with van der Waals surface area (Å²) >= 11 is 0. The lowest BCUT2D eigenvalue weighted by atomic mass is 10.1. The van der Waals surface area contributed by atoms with Crippen LogP contribution in [-0.4, -0.2) is 56.8 Å². The number of ketones is 1. The minimum absolute atomic E-state index is 0.0262. The molecule has 1 rings (SSSR count). The van der Waals surface area contributed by atoms with E-state index in [0.717, 1.165) is 0 Å². The molecule has 3 amide bonds. The molecule has 12 heteroatoms. The van der Waals surface area contributed by atoms with Gasteiger partial charge in [-0.1, -0.05) is 5.16 Å². The van der Waals surface area contributed by atoms with Crippen LogP contribution < -0.4 is 22.1 Å². The summed E-state index contributed by atoms with van der Waals surface area (Å²) in [6.07, 6.45) is -0.957. The van der Waals surface area contributed by atoms with Gasteiger partial charge in [0.15, 0.2) is 11.6 Å². The molecule has 0 spiro atoms. The number of hydrogen-bond donors (Lipinski definition) is 6. The number of urea groups is 1. The van der Waals surface area contributed by atoms with Crippen LogP contribution in [0, 0.1) is 0 Å². The van der Waals surface area contributed by atoms with Crippen LogP contribution in [-0.2, 0) is 9.59 Å². The molecule has 0 aliphatic carbocycles. The highest BCUT2D eigenvalue weighted by Gasteiger charge is 2.26. The van der Waals surface area contributed by atoms with Gasteiger partial charge < -0.3 is 36.8 Å². The predicted octanol–water partition coefficient (Wildman–Crippen LogP) is -1.99. The van der Waals surface area contributed by atoms with E-state index in [1.807, 2.05) is 0 Å². The molecule has 0 bridgehead atoms. The number of carbonyl (C=O) groups excluding carboxylic acids is 3. The van der Waals surface area contributed by atoms with Gasteiger partial charge in [0.25, 0.3) is 0 Å². The van der Waals surface area contributed by atoms with E-state index in [2.05, 4.69) is 20.8 Å². The molecule has 4 atom stereocenters. The first-order valence-corrected chi connectivity index (χ1v) is 7.89. The van der Waals surface area contributed by atoms with E-state index in [-0.39, 0.29) is 24.6 Å². The van der Waals surface area contributed by atoms with Gasteiger partial charge in [-0.25, -0.2) is 4.79 Å². The zero-order valence-electron chi connectivity index (χ0n) is 14.5. The number of nitrogens with two attached hydrogens (primary N) is 2. The first-order chi connectivity index (χ1) is 12.1. The average molecular weight is 372 g/mol. The van der Waals surface area contributed by atoms with Crippen LogP contribution in [0.25, 0.3) is 0 Å². The summed E-state index contributed by atoms with van der Waals surface area (Å²) in [7, 11) is 0. The zero-order chi connectivity index (χ0) is 19.9. The Labute approximate surface area is 149 Å². The van der Waals surface area contributed by atoms with Crippen molar-refractivity contribution in [2.75, 3.05) is 6.61 Å². The van der Waals surface area contributed by atoms with Crippen LogP contribution in [0.15, 0.2) is 4.52 Å². The number of aliphatic hydroxyl groups excluding tert-OH is 2. The van der Waals surface area contributed by atoms with Gasteiger partial charge in [0.05, 0.1) is 18.8 Å². The van der Waals surface area contributed by atoms with Gasteiger partial charge in [0.1, 0.15) is 12.1 Å². The van der Waals surface area contributed by atoms with E-state index in [0.29, 0.717) is 0 Å². The normalized spacial score (nSPS) is 15.6. The SMILES string of the molecule is CC(=O)[C@H](CO)NC(=O)N[C@@H](CCC(N)=O)c1nc([C@@H](N)C(C)O)no1. The summed E-state index contributed by atoms with van der Waals surface area (Å²) in [5.41, 5.74) is 10.8. The molecule has 0 aliphatic rings. The number of aromatic nitrogens is 2. The first-order valence-electron chi connectivity index (χ1n) is 7.89. The molecule has 1 heterocycles. The first kappa shape index (κ1) is 21.5. The molecule has 26 heavy (non-hydrogen) atoms. The summed E-state index contributed by atoms with van der Waals surface area (Å²) in [5.74, 6) is -1.05. The minimum Gasteiger partial charge on any atom is -0.394 e. The van der Waals surface area contributed by atoms with E-state index in [4.69, 9.17) is 21.1 Å². The quantitative estimate of drug-likeness (QED) is 0.268. The molecule has 0 saturated heterocycles.